The molecule has 0 aliphatic rings. The topological polar surface area (TPSA) is 90.9 Å². The van der Waals surface area contributed by atoms with Crippen LogP contribution in [0.15, 0.2) is 30.3 Å². The summed E-state index contributed by atoms with van der Waals surface area (Å²) in [7, 11) is 2.70. The second kappa shape index (κ2) is 9.25. The number of hydrogen-bond acceptors (Lipinski definition) is 6. The van der Waals surface area contributed by atoms with Gasteiger partial charge in [0, 0.05) is 10.6 Å². The zero-order valence-electron chi connectivity index (χ0n) is 14.4. The van der Waals surface area contributed by atoms with Crippen molar-refractivity contribution in [3.8, 4) is 11.5 Å². The number of carbonyl (C=O) groups excluding carboxylic acids is 3. The van der Waals surface area contributed by atoms with Crippen molar-refractivity contribution in [1.29, 1.82) is 0 Å². The molecule has 27 heavy (non-hydrogen) atoms. The Kier molecular flexibility index (Phi) is 7.04. The molecular weight excluding hydrogens is 397 g/mol. The highest BCUT2D eigenvalue weighted by atomic mass is 35.5. The number of halogens is 2. The van der Waals surface area contributed by atoms with E-state index in [-0.39, 0.29) is 27.6 Å². The first-order chi connectivity index (χ1) is 12.9. The van der Waals surface area contributed by atoms with Crippen LogP contribution in [0.2, 0.25) is 10.0 Å². The van der Waals surface area contributed by atoms with Crippen molar-refractivity contribution >= 4 is 47.1 Å². The van der Waals surface area contributed by atoms with E-state index in [4.69, 9.17) is 37.4 Å². The summed E-state index contributed by atoms with van der Waals surface area (Å²) in [6.45, 7) is -0.601. The van der Waals surface area contributed by atoms with Crippen molar-refractivity contribution in [2.75, 3.05) is 26.1 Å². The molecule has 0 aliphatic carbocycles. The predicted octanol–water partition coefficient (Wildman–Crippen LogP) is 3.62. The first-order valence-electron chi connectivity index (χ1n) is 7.53. The van der Waals surface area contributed by atoms with Crippen LogP contribution >= 0.6 is 23.2 Å². The Bertz CT molecular complexity index is 884. The lowest BCUT2D eigenvalue weighted by Crippen LogP contribution is -2.22. The number of benzene rings is 2. The third-order valence-electron chi connectivity index (χ3n) is 3.45. The number of carbonyl (C=O) groups is 3. The summed E-state index contributed by atoms with van der Waals surface area (Å²) in [6, 6.07) is 7.39. The minimum Gasteiger partial charge on any atom is -0.493 e. The standard InChI is InChI=1S/C18H15Cl2NO6/c1-25-14-6-3-10(8-22)16(17(14)26-2)18(24)27-9-15(23)21-13-5-4-11(19)7-12(13)20/h3-8H,9H2,1-2H3,(H,21,23). The van der Waals surface area contributed by atoms with E-state index in [0.717, 1.165) is 0 Å². The Balaban J connectivity index is 2.13. The molecule has 0 saturated carbocycles. The smallest absolute Gasteiger partial charge is 0.343 e. The summed E-state index contributed by atoms with van der Waals surface area (Å²) in [5, 5.41) is 3.14. The maximum Gasteiger partial charge on any atom is 0.343 e. The summed E-state index contributed by atoms with van der Waals surface area (Å²) >= 11 is 11.8. The van der Waals surface area contributed by atoms with Crippen LogP contribution in [0.4, 0.5) is 5.69 Å². The normalized spacial score (nSPS) is 10.1. The maximum atomic E-state index is 12.4. The van der Waals surface area contributed by atoms with Gasteiger partial charge in [-0.2, -0.15) is 0 Å². The Labute approximate surface area is 165 Å². The van der Waals surface area contributed by atoms with E-state index < -0.39 is 18.5 Å². The summed E-state index contributed by atoms with van der Waals surface area (Å²) in [5.41, 5.74) is 0.220. The molecule has 2 aromatic carbocycles. The highest BCUT2D eigenvalue weighted by Gasteiger charge is 2.23. The molecule has 0 bridgehead atoms. The SMILES string of the molecule is COc1ccc(C=O)c(C(=O)OCC(=O)Nc2ccc(Cl)cc2Cl)c1OC. The molecule has 0 aromatic heterocycles. The van der Waals surface area contributed by atoms with Crippen LogP contribution in [-0.4, -0.2) is 39.0 Å². The van der Waals surface area contributed by atoms with Crippen LogP contribution in [0.3, 0.4) is 0 Å². The number of anilines is 1. The van der Waals surface area contributed by atoms with Crippen LogP contribution in [0, 0.1) is 0 Å². The summed E-state index contributed by atoms with van der Waals surface area (Å²) in [5.74, 6) is -1.26. The number of aldehydes is 1. The molecule has 7 nitrogen and oxygen atoms in total. The number of hydrogen-bond donors (Lipinski definition) is 1. The summed E-state index contributed by atoms with van der Waals surface area (Å²) in [6.07, 6.45) is 0.478. The molecule has 0 saturated heterocycles. The molecule has 0 fully saturated rings. The monoisotopic (exact) mass is 411 g/mol. The largest absolute Gasteiger partial charge is 0.493 e. The lowest BCUT2D eigenvalue weighted by molar-refractivity contribution is -0.119. The van der Waals surface area contributed by atoms with Gasteiger partial charge in [-0.05, 0) is 30.3 Å². The zero-order chi connectivity index (χ0) is 20.0. The van der Waals surface area contributed by atoms with Crippen LogP contribution in [0.25, 0.3) is 0 Å². The number of esters is 1. The van der Waals surface area contributed by atoms with Crippen LogP contribution in [0.1, 0.15) is 20.7 Å². The molecule has 0 unspecified atom stereocenters. The van der Waals surface area contributed by atoms with Gasteiger partial charge in [0.15, 0.2) is 24.4 Å². The van der Waals surface area contributed by atoms with Gasteiger partial charge in [0.25, 0.3) is 5.91 Å². The second-order valence-corrected chi connectivity index (χ2v) is 5.98. The minimum atomic E-state index is -0.912. The number of ether oxygens (including phenoxy) is 3. The fraction of sp³-hybridized carbons (Fsp3) is 0.167. The third kappa shape index (κ3) is 4.90. The van der Waals surface area contributed by atoms with E-state index in [1.165, 1.54) is 38.5 Å². The van der Waals surface area contributed by atoms with Gasteiger partial charge in [-0.15, -0.1) is 0 Å². The average molecular weight is 412 g/mol. The highest BCUT2D eigenvalue weighted by Crippen LogP contribution is 2.33. The quantitative estimate of drug-likeness (QED) is 0.552. The Morgan fingerprint density at radius 3 is 2.44 bits per heavy atom. The van der Waals surface area contributed by atoms with E-state index in [1.54, 1.807) is 6.07 Å². The molecule has 0 aliphatic heterocycles. The van der Waals surface area contributed by atoms with Gasteiger partial charge in [-0.25, -0.2) is 4.79 Å². The van der Waals surface area contributed by atoms with E-state index in [9.17, 15) is 14.4 Å². The molecule has 2 aromatic rings. The Morgan fingerprint density at radius 2 is 1.85 bits per heavy atom. The minimum absolute atomic E-state index is 0.0354. The molecule has 0 atom stereocenters. The molecule has 0 radical (unpaired) electrons. The van der Waals surface area contributed by atoms with Crippen molar-refractivity contribution in [3.05, 3.63) is 51.5 Å². The maximum absolute atomic E-state index is 12.4. The molecular formula is C18H15Cl2NO6. The molecule has 1 amide bonds. The first kappa shape index (κ1) is 20.5. The van der Waals surface area contributed by atoms with E-state index in [2.05, 4.69) is 5.32 Å². The number of rotatable bonds is 7. The van der Waals surface area contributed by atoms with Gasteiger partial charge in [0.1, 0.15) is 5.56 Å². The lowest BCUT2D eigenvalue weighted by Gasteiger charge is -2.14. The second-order valence-electron chi connectivity index (χ2n) is 5.13. The van der Waals surface area contributed by atoms with Gasteiger partial charge in [-0.3, -0.25) is 9.59 Å². The van der Waals surface area contributed by atoms with Crippen molar-refractivity contribution < 1.29 is 28.6 Å². The average Bonchev–Trinajstić information content (AvgIpc) is 2.66. The predicted molar refractivity (Wildman–Crippen MR) is 100 cm³/mol. The molecule has 142 valence electrons. The third-order valence-corrected chi connectivity index (χ3v) is 4.00. The highest BCUT2D eigenvalue weighted by molar-refractivity contribution is 6.36. The summed E-state index contributed by atoms with van der Waals surface area (Å²) < 4.78 is 15.2. The van der Waals surface area contributed by atoms with E-state index in [1.807, 2.05) is 0 Å². The lowest BCUT2D eigenvalue weighted by atomic mass is 10.1. The molecule has 9 heteroatoms. The molecule has 0 heterocycles. The van der Waals surface area contributed by atoms with Crippen molar-refractivity contribution in [2.45, 2.75) is 0 Å². The zero-order valence-corrected chi connectivity index (χ0v) is 15.9. The fourth-order valence-corrected chi connectivity index (χ4v) is 2.69. The van der Waals surface area contributed by atoms with Gasteiger partial charge in [-0.1, -0.05) is 23.2 Å². The van der Waals surface area contributed by atoms with Gasteiger partial charge < -0.3 is 19.5 Å². The van der Waals surface area contributed by atoms with Crippen LogP contribution in [-0.2, 0) is 9.53 Å². The van der Waals surface area contributed by atoms with Gasteiger partial charge >= 0.3 is 5.97 Å². The number of nitrogens with one attached hydrogen (secondary N) is 1. The van der Waals surface area contributed by atoms with Crippen LogP contribution in [0.5, 0.6) is 11.5 Å². The van der Waals surface area contributed by atoms with Crippen LogP contribution < -0.4 is 14.8 Å². The molecule has 0 spiro atoms. The Hall–Kier alpha value is -2.77. The first-order valence-corrected chi connectivity index (χ1v) is 8.29. The Morgan fingerprint density at radius 1 is 1.11 bits per heavy atom. The van der Waals surface area contributed by atoms with Crippen molar-refractivity contribution in [1.82, 2.24) is 0 Å². The molecule has 2 rings (SSSR count). The van der Waals surface area contributed by atoms with Gasteiger partial charge in [0.05, 0.1) is 24.9 Å². The van der Waals surface area contributed by atoms with Crippen molar-refractivity contribution in [2.24, 2.45) is 0 Å². The van der Waals surface area contributed by atoms with E-state index >= 15 is 0 Å². The molecule has 1 N–H and O–H groups in total. The fourth-order valence-electron chi connectivity index (χ4n) is 2.23. The number of amides is 1. The van der Waals surface area contributed by atoms with Crippen molar-refractivity contribution in [3.63, 3.8) is 0 Å². The summed E-state index contributed by atoms with van der Waals surface area (Å²) in [4.78, 5) is 35.6. The van der Waals surface area contributed by atoms with Gasteiger partial charge in [0.2, 0.25) is 0 Å². The number of methoxy groups -OCH3 is 2. The van der Waals surface area contributed by atoms with E-state index in [0.29, 0.717) is 17.0 Å².